The van der Waals surface area contributed by atoms with Crippen LogP contribution in [0.3, 0.4) is 0 Å². The Morgan fingerprint density at radius 1 is 1.60 bits per heavy atom. The molecule has 0 amide bonds. The lowest BCUT2D eigenvalue weighted by Crippen LogP contribution is -2.38. The van der Waals surface area contributed by atoms with Crippen molar-refractivity contribution < 1.29 is 0 Å². The second kappa shape index (κ2) is 3.96. The van der Waals surface area contributed by atoms with Gasteiger partial charge in [0.15, 0.2) is 0 Å². The maximum atomic E-state index is 9.34. The first kappa shape index (κ1) is 10.7. The highest BCUT2D eigenvalue weighted by Gasteiger charge is 2.38. The molecule has 78 valence electrons. The fourth-order valence-corrected chi connectivity index (χ4v) is 2.69. The van der Waals surface area contributed by atoms with Crippen LogP contribution in [0.15, 0.2) is 22.7 Å². The van der Waals surface area contributed by atoms with Gasteiger partial charge in [0.05, 0.1) is 6.07 Å². The molecule has 2 rings (SSSR count). The average molecular weight is 265 g/mol. The van der Waals surface area contributed by atoms with E-state index in [1.165, 1.54) is 5.56 Å². The molecule has 1 aromatic rings. The molecule has 0 aliphatic heterocycles. The van der Waals surface area contributed by atoms with Crippen LogP contribution in [0.4, 0.5) is 0 Å². The third-order valence-electron chi connectivity index (χ3n) is 2.97. The monoisotopic (exact) mass is 264 g/mol. The Balaban J connectivity index is 2.47. The summed E-state index contributed by atoms with van der Waals surface area (Å²) in [4.78, 5) is 0. The Bertz CT molecular complexity index is 422. The maximum Gasteiger partial charge on any atom is 0.132 e. The zero-order valence-corrected chi connectivity index (χ0v) is 10.3. The Morgan fingerprint density at radius 2 is 2.40 bits per heavy atom. The molecule has 3 heteroatoms. The molecule has 1 atom stereocenters. The first-order valence-corrected chi connectivity index (χ1v) is 5.96. The minimum atomic E-state index is -0.454. The van der Waals surface area contributed by atoms with Crippen molar-refractivity contribution in [3.8, 4) is 6.07 Å². The van der Waals surface area contributed by atoms with Crippen molar-refractivity contribution in [2.24, 2.45) is 0 Å². The molecule has 0 spiro atoms. The van der Waals surface area contributed by atoms with Crippen molar-refractivity contribution >= 4 is 15.9 Å². The minimum Gasteiger partial charge on any atom is -0.296 e. The number of rotatable bonds is 2. The van der Waals surface area contributed by atoms with E-state index in [1.807, 2.05) is 13.0 Å². The van der Waals surface area contributed by atoms with Crippen LogP contribution in [0.25, 0.3) is 0 Å². The summed E-state index contributed by atoms with van der Waals surface area (Å²) in [5.41, 5.74) is 1.98. The highest BCUT2D eigenvalue weighted by molar-refractivity contribution is 9.10. The van der Waals surface area contributed by atoms with Gasteiger partial charge in [-0.2, -0.15) is 5.26 Å². The number of aryl methyl sites for hydroxylation is 1. The molecule has 2 nitrogen and oxygen atoms in total. The summed E-state index contributed by atoms with van der Waals surface area (Å²) in [5, 5.41) is 12.6. The molecular formula is C12H13BrN2. The number of halogens is 1. The molecule has 0 bridgehead atoms. The Morgan fingerprint density at radius 3 is 3.07 bits per heavy atom. The molecule has 1 aliphatic rings. The van der Waals surface area contributed by atoms with Crippen LogP contribution < -0.4 is 5.32 Å². The van der Waals surface area contributed by atoms with Crippen LogP contribution in [-0.2, 0) is 12.0 Å². The van der Waals surface area contributed by atoms with Gasteiger partial charge in [0.1, 0.15) is 5.54 Å². The number of nitrogens with one attached hydrogen (secondary N) is 1. The fourth-order valence-electron chi connectivity index (χ4n) is 2.28. The quantitative estimate of drug-likeness (QED) is 0.892. The van der Waals surface area contributed by atoms with Gasteiger partial charge < -0.3 is 0 Å². The normalized spacial score (nSPS) is 23.5. The van der Waals surface area contributed by atoms with Crippen molar-refractivity contribution in [1.29, 1.82) is 5.26 Å². The third kappa shape index (κ3) is 1.68. The molecule has 1 aliphatic carbocycles. The van der Waals surface area contributed by atoms with E-state index in [0.29, 0.717) is 0 Å². The first-order valence-electron chi connectivity index (χ1n) is 5.17. The molecule has 15 heavy (non-hydrogen) atoms. The van der Waals surface area contributed by atoms with Gasteiger partial charge in [-0.05, 0) is 42.6 Å². The Kier molecular flexibility index (Phi) is 2.81. The smallest absolute Gasteiger partial charge is 0.132 e. The zero-order valence-electron chi connectivity index (χ0n) is 8.68. The van der Waals surface area contributed by atoms with E-state index in [9.17, 15) is 5.26 Å². The van der Waals surface area contributed by atoms with Crippen LogP contribution >= 0.6 is 15.9 Å². The molecule has 1 unspecified atom stereocenters. The lowest BCUT2D eigenvalue weighted by atomic mass is 9.93. The maximum absolute atomic E-state index is 9.34. The number of hydrogen-bond acceptors (Lipinski definition) is 2. The van der Waals surface area contributed by atoms with E-state index in [2.05, 4.69) is 39.4 Å². The minimum absolute atomic E-state index is 0.454. The summed E-state index contributed by atoms with van der Waals surface area (Å²) in [6.07, 6.45) is 1.86. The fraction of sp³-hybridized carbons (Fsp3) is 0.417. The SMILES string of the molecule is CCNC1(C#N)CCc2cc(Br)ccc21. The standard InChI is InChI=1S/C12H13BrN2/c1-2-15-12(8-14)6-5-9-7-10(13)3-4-11(9)12/h3-4,7,15H,2,5-6H2,1H3. The van der Waals surface area contributed by atoms with Crippen molar-refractivity contribution in [1.82, 2.24) is 5.32 Å². The van der Waals surface area contributed by atoms with Gasteiger partial charge in [0.2, 0.25) is 0 Å². The number of nitrogens with zero attached hydrogens (tertiary/aromatic N) is 1. The molecule has 0 radical (unpaired) electrons. The van der Waals surface area contributed by atoms with Crippen molar-refractivity contribution in [3.63, 3.8) is 0 Å². The number of benzene rings is 1. The predicted octanol–water partition coefficient (Wildman–Crippen LogP) is 2.72. The van der Waals surface area contributed by atoms with Gasteiger partial charge in [-0.3, -0.25) is 5.32 Å². The van der Waals surface area contributed by atoms with E-state index in [0.717, 1.165) is 29.4 Å². The van der Waals surface area contributed by atoms with Gasteiger partial charge in [-0.15, -0.1) is 0 Å². The summed E-state index contributed by atoms with van der Waals surface area (Å²) in [6, 6.07) is 8.61. The molecule has 0 heterocycles. The van der Waals surface area contributed by atoms with Crippen molar-refractivity contribution in [3.05, 3.63) is 33.8 Å². The second-order valence-corrected chi connectivity index (χ2v) is 4.76. The third-order valence-corrected chi connectivity index (χ3v) is 3.46. The molecule has 0 fully saturated rings. The van der Waals surface area contributed by atoms with Gasteiger partial charge in [0.25, 0.3) is 0 Å². The topological polar surface area (TPSA) is 35.8 Å². The van der Waals surface area contributed by atoms with Gasteiger partial charge in [-0.25, -0.2) is 0 Å². The van der Waals surface area contributed by atoms with Crippen LogP contribution in [0.1, 0.15) is 24.5 Å². The Hall–Kier alpha value is -0.850. The van der Waals surface area contributed by atoms with E-state index in [4.69, 9.17) is 0 Å². The molecular weight excluding hydrogens is 252 g/mol. The van der Waals surface area contributed by atoms with E-state index < -0.39 is 5.54 Å². The van der Waals surface area contributed by atoms with Gasteiger partial charge in [-0.1, -0.05) is 28.9 Å². The first-order chi connectivity index (χ1) is 7.22. The van der Waals surface area contributed by atoms with Crippen LogP contribution in [0.2, 0.25) is 0 Å². The summed E-state index contributed by atoms with van der Waals surface area (Å²) in [7, 11) is 0. The van der Waals surface area contributed by atoms with Gasteiger partial charge >= 0.3 is 0 Å². The largest absolute Gasteiger partial charge is 0.296 e. The van der Waals surface area contributed by atoms with E-state index in [1.54, 1.807) is 0 Å². The molecule has 0 aromatic heterocycles. The molecule has 0 saturated carbocycles. The highest BCUT2D eigenvalue weighted by Crippen LogP contribution is 2.37. The van der Waals surface area contributed by atoms with E-state index >= 15 is 0 Å². The van der Waals surface area contributed by atoms with Crippen molar-refractivity contribution in [2.45, 2.75) is 25.3 Å². The highest BCUT2D eigenvalue weighted by atomic mass is 79.9. The van der Waals surface area contributed by atoms with Crippen LogP contribution in [0, 0.1) is 11.3 Å². The second-order valence-electron chi connectivity index (χ2n) is 3.85. The lowest BCUT2D eigenvalue weighted by molar-refractivity contribution is 0.437. The zero-order chi connectivity index (χ0) is 10.9. The van der Waals surface area contributed by atoms with Crippen LogP contribution in [-0.4, -0.2) is 6.54 Å². The summed E-state index contributed by atoms with van der Waals surface area (Å²) in [5.74, 6) is 0. The number of nitriles is 1. The lowest BCUT2D eigenvalue weighted by Gasteiger charge is -2.23. The summed E-state index contributed by atoms with van der Waals surface area (Å²) in [6.45, 7) is 2.86. The molecule has 0 saturated heterocycles. The van der Waals surface area contributed by atoms with Crippen molar-refractivity contribution in [2.75, 3.05) is 6.54 Å². The molecule has 1 aromatic carbocycles. The van der Waals surface area contributed by atoms with Crippen LogP contribution in [0.5, 0.6) is 0 Å². The average Bonchev–Trinajstić information content (AvgIpc) is 2.58. The van der Waals surface area contributed by atoms with E-state index in [-0.39, 0.29) is 0 Å². The van der Waals surface area contributed by atoms with Gasteiger partial charge in [0, 0.05) is 4.47 Å². The summed E-state index contributed by atoms with van der Waals surface area (Å²) < 4.78 is 1.09. The Labute approximate surface area is 98.4 Å². The predicted molar refractivity (Wildman–Crippen MR) is 63.4 cm³/mol. The number of hydrogen-bond donors (Lipinski definition) is 1. The molecule has 1 N–H and O–H groups in total. The summed E-state index contributed by atoms with van der Waals surface area (Å²) >= 11 is 3.46. The number of fused-ring (bicyclic) bond motifs is 1.